The molecule has 3 aliphatic heterocycles. The molecule has 4 heterocycles. The number of rotatable bonds is 7. The van der Waals surface area contributed by atoms with E-state index in [1.165, 1.54) is 45.7 Å². The van der Waals surface area contributed by atoms with Crippen molar-refractivity contribution in [2.24, 2.45) is 0 Å². The van der Waals surface area contributed by atoms with E-state index in [-0.39, 0.29) is 18.2 Å². The van der Waals surface area contributed by atoms with Gasteiger partial charge in [-0.2, -0.15) is 5.10 Å². The molecule has 2 atom stereocenters. The van der Waals surface area contributed by atoms with E-state index in [2.05, 4.69) is 90.9 Å². The van der Waals surface area contributed by atoms with Crippen LogP contribution in [0.3, 0.4) is 0 Å². The number of carbonyl (C=O) groups excluding carboxylic acids is 2. The van der Waals surface area contributed by atoms with Gasteiger partial charge in [0.2, 0.25) is 5.91 Å². The number of benzene rings is 3. The van der Waals surface area contributed by atoms with Crippen molar-refractivity contribution in [1.82, 2.24) is 25.3 Å². The Morgan fingerprint density at radius 3 is 2.24 bits per heavy atom. The molecule has 2 unspecified atom stereocenters. The first-order valence-corrected chi connectivity index (χ1v) is 18.1. The zero-order valence-electron chi connectivity index (χ0n) is 28.5. The minimum absolute atomic E-state index is 0.256. The lowest BCUT2D eigenvalue weighted by atomic mass is 9.69. The summed E-state index contributed by atoms with van der Waals surface area (Å²) in [4.78, 5) is 32.7. The second-order valence-electron chi connectivity index (χ2n) is 14.2. The predicted octanol–water partition coefficient (Wildman–Crippen LogP) is 5.28. The molecule has 3 aromatic carbocycles. The smallest absolute Gasteiger partial charge is 0.329 e. The van der Waals surface area contributed by atoms with Crippen molar-refractivity contribution < 1.29 is 14.7 Å². The number of phenolic OH excluding ortho intramolecular Hbond substituents is 1. The number of phenols is 1. The number of aromatic hydroxyl groups is 1. The number of aryl methyl sites for hydroxylation is 1. The number of urea groups is 1. The fourth-order valence-corrected chi connectivity index (χ4v) is 8.54. The second kappa shape index (κ2) is 14.2. The van der Waals surface area contributed by atoms with Crippen LogP contribution in [0.1, 0.15) is 65.5 Å². The molecule has 50 heavy (non-hydrogen) atoms. The van der Waals surface area contributed by atoms with Gasteiger partial charge in [-0.3, -0.25) is 24.8 Å². The molecule has 1 aliphatic carbocycles. The van der Waals surface area contributed by atoms with Crippen molar-refractivity contribution in [3.8, 4) is 5.75 Å². The standard InChI is InChI=1S/C40H45N7O3/c48-34-12-14-36-30(26-34)8-13-35(28-4-2-1-3-5-28)39(36)29-6-10-32(11-7-29)45-19-16-33(17-20-45)46-24-22-44(23-25-46)27-31-9-15-37(43-42-31)47-21-18-38(49)41-40(47)50/h1-7,9-12,14-15,26,33,35,39,48H,8,13,16-25,27H2,(H,41,49,50). The first-order chi connectivity index (χ1) is 24.5. The molecule has 10 heteroatoms. The van der Waals surface area contributed by atoms with Gasteiger partial charge >= 0.3 is 6.03 Å². The number of aromatic nitrogens is 2. The van der Waals surface area contributed by atoms with Crippen LogP contribution in [-0.4, -0.2) is 88.9 Å². The van der Waals surface area contributed by atoms with Crippen LogP contribution in [0.15, 0.2) is 84.9 Å². The van der Waals surface area contributed by atoms with E-state index in [0.29, 0.717) is 30.1 Å². The highest BCUT2D eigenvalue weighted by Gasteiger charge is 2.33. The highest BCUT2D eigenvalue weighted by atomic mass is 16.3. The summed E-state index contributed by atoms with van der Waals surface area (Å²) >= 11 is 0. The van der Waals surface area contributed by atoms with Gasteiger partial charge in [-0.25, -0.2) is 4.79 Å². The SMILES string of the molecule is O=C1CCN(c2ccc(CN3CCN(C4CCN(c5ccc(C6c7ccc(O)cc7CCC6c6ccccc6)cc5)CC4)CC3)nn2)C(=O)N1. The molecular formula is C40H45N7O3. The number of fused-ring (bicyclic) bond motifs is 1. The molecule has 4 aliphatic rings. The Hall–Kier alpha value is -4.80. The van der Waals surface area contributed by atoms with Crippen molar-refractivity contribution >= 4 is 23.4 Å². The maximum Gasteiger partial charge on any atom is 0.329 e. The van der Waals surface area contributed by atoms with Gasteiger partial charge < -0.3 is 10.0 Å². The molecule has 258 valence electrons. The van der Waals surface area contributed by atoms with E-state index in [9.17, 15) is 14.7 Å². The number of piperazine rings is 1. The van der Waals surface area contributed by atoms with Gasteiger partial charge in [0.05, 0.1) is 5.69 Å². The van der Waals surface area contributed by atoms with E-state index in [1.807, 2.05) is 24.3 Å². The Morgan fingerprint density at radius 2 is 1.52 bits per heavy atom. The lowest BCUT2D eigenvalue weighted by molar-refractivity contribution is -0.120. The number of anilines is 2. The van der Waals surface area contributed by atoms with Gasteiger partial charge in [0.15, 0.2) is 5.82 Å². The number of hydrogen-bond donors (Lipinski definition) is 2. The molecule has 2 N–H and O–H groups in total. The molecule has 3 fully saturated rings. The van der Waals surface area contributed by atoms with Gasteiger partial charge in [-0.1, -0.05) is 48.5 Å². The number of piperidine rings is 1. The molecule has 3 amide bonds. The molecule has 0 radical (unpaired) electrons. The quantitative estimate of drug-likeness (QED) is 0.274. The third-order valence-electron chi connectivity index (χ3n) is 11.2. The van der Waals surface area contributed by atoms with E-state index in [0.717, 1.165) is 64.3 Å². The first-order valence-electron chi connectivity index (χ1n) is 18.1. The zero-order chi connectivity index (χ0) is 34.0. The minimum Gasteiger partial charge on any atom is -0.508 e. The number of amides is 3. The van der Waals surface area contributed by atoms with Gasteiger partial charge in [0.25, 0.3) is 0 Å². The summed E-state index contributed by atoms with van der Waals surface area (Å²) in [5.74, 6) is 1.24. The monoisotopic (exact) mass is 671 g/mol. The molecule has 0 spiro atoms. The van der Waals surface area contributed by atoms with Crippen LogP contribution in [0.4, 0.5) is 16.3 Å². The topological polar surface area (TPSA) is 105 Å². The van der Waals surface area contributed by atoms with Crippen LogP contribution in [-0.2, 0) is 17.8 Å². The molecule has 0 bridgehead atoms. The van der Waals surface area contributed by atoms with E-state index in [1.54, 1.807) is 0 Å². The largest absolute Gasteiger partial charge is 0.508 e. The van der Waals surface area contributed by atoms with Crippen LogP contribution in [0.5, 0.6) is 5.75 Å². The molecular weight excluding hydrogens is 626 g/mol. The summed E-state index contributed by atoms with van der Waals surface area (Å²) in [6.45, 7) is 7.28. The summed E-state index contributed by atoms with van der Waals surface area (Å²) < 4.78 is 0. The summed E-state index contributed by atoms with van der Waals surface area (Å²) in [6.07, 6.45) is 4.66. The number of nitrogens with one attached hydrogen (secondary N) is 1. The van der Waals surface area contributed by atoms with Crippen molar-refractivity contribution in [2.45, 2.75) is 56.5 Å². The Labute approximate surface area is 293 Å². The molecule has 10 nitrogen and oxygen atoms in total. The molecule has 1 aromatic heterocycles. The lowest BCUT2D eigenvalue weighted by Crippen LogP contribution is -2.53. The van der Waals surface area contributed by atoms with Crippen molar-refractivity contribution in [2.75, 3.05) is 55.6 Å². The lowest BCUT2D eigenvalue weighted by Gasteiger charge is -2.43. The maximum atomic E-state index is 12.1. The minimum atomic E-state index is -0.440. The number of nitrogens with zero attached hydrogens (tertiary/aromatic N) is 6. The maximum absolute atomic E-state index is 12.1. The Balaban J connectivity index is 0.846. The third-order valence-corrected chi connectivity index (χ3v) is 11.2. The average molecular weight is 672 g/mol. The number of imide groups is 1. The average Bonchev–Trinajstić information content (AvgIpc) is 3.16. The van der Waals surface area contributed by atoms with Crippen molar-refractivity contribution in [3.05, 3.63) is 113 Å². The van der Waals surface area contributed by atoms with Gasteiger partial charge in [-0.15, -0.1) is 5.10 Å². The van der Waals surface area contributed by atoms with Gasteiger partial charge in [0, 0.05) is 76.4 Å². The van der Waals surface area contributed by atoms with Gasteiger partial charge in [0.1, 0.15) is 5.75 Å². The number of hydrogen-bond acceptors (Lipinski definition) is 8. The molecule has 3 saturated heterocycles. The van der Waals surface area contributed by atoms with Crippen LogP contribution in [0.2, 0.25) is 0 Å². The van der Waals surface area contributed by atoms with Crippen LogP contribution in [0, 0.1) is 0 Å². The van der Waals surface area contributed by atoms with Crippen molar-refractivity contribution in [3.63, 3.8) is 0 Å². The predicted molar refractivity (Wildman–Crippen MR) is 194 cm³/mol. The number of carbonyl (C=O) groups is 2. The fraction of sp³-hybridized carbons (Fsp3) is 0.400. The van der Waals surface area contributed by atoms with Crippen LogP contribution < -0.4 is 15.1 Å². The zero-order valence-corrected chi connectivity index (χ0v) is 28.5. The molecule has 0 saturated carbocycles. The van der Waals surface area contributed by atoms with Gasteiger partial charge in [-0.05, 0) is 90.3 Å². The van der Waals surface area contributed by atoms with Crippen molar-refractivity contribution in [1.29, 1.82) is 0 Å². The van der Waals surface area contributed by atoms with Crippen LogP contribution >= 0.6 is 0 Å². The van der Waals surface area contributed by atoms with Crippen LogP contribution in [0.25, 0.3) is 0 Å². The third kappa shape index (κ3) is 6.82. The summed E-state index contributed by atoms with van der Waals surface area (Å²) in [6, 6.07) is 30.1. The summed E-state index contributed by atoms with van der Waals surface area (Å²) in [5, 5.41) is 21.2. The highest BCUT2D eigenvalue weighted by Crippen LogP contribution is 2.47. The second-order valence-corrected chi connectivity index (χ2v) is 14.2. The van der Waals surface area contributed by atoms with E-state index < -0.39 is 6.03 Å². The first kappa shape index (κ1) is 32.4. The summed E-state index contributed by atoms with van der Waals surface area (Å²) in [5.41, 5.74) is 7.52. The fourth-order valence-electron chi connectivity index (χ4n) is 8.54. The Morgan fingerprint density at radius 1 is 0.740 bits per heavy atom. The summed E-state index contributed by atoms with van der Waals surface area (Å²) in [7, 11) is 0. The van der Waals surface area contributed by atoms with E-state index in [4.69, 9.17) is 0 Å². The Kier molecular flexibility index (Phi) is 9.21. The van der Waals surface area contributed by atoms with E-state index >= 15 is 0 Å². The normalized spacial score (nSPS) is 22.3. The highest BCUT2D eigenvalue weighted by molar-refractivity contribution is 6.05. The Bertz CT molecular complexity index is 1800. The molecule has 8 rings (SSSR count). The molecule has 4 aromatic rings.